The fourth-order valence-electron chi connectivity index (χ4n) is 2.34. The van der Waals surface area contributed by atoms with E-state index in [1.807, 2.05) is 0 Å². The van der Waals surface area contributed by atoms with Crippen LogP contribution >= 0.6 is 0 Å². The SMILES string of the molecule is Cc1nc2c(n1C)CCC(CCO)C2.[V]. The maximum absolute atomic E-state index is 8.90. The van der Waals surface area contributed by atoms with Gasteiger partial charge in [-0.05, 0) is 38.5 Å². The number of rotatable bonds is 2. The van der Waals surface area contributed by atoms with Crippen molar-refractivity contribution in [2.75, 3.05) is 6.61 Å². The summed E-state index contributed by atoms with van der Waals surface area (Å²) < 4.78 is 2.20. The van der Waals surface area contributed by atoms with E-state index >= 15 is 0 Å². The number of fused-ring (bicyclic) bond motifs is 1. The van der Waals surface area contributed by atoms with Crippen molar-refractivity contribution in [1.29, 1.82) is 0 Å². The zero-order valence-electron chi connectivity index (χ0n) is 9.40. The molecule has 4 heteroatoms. The Labute approximate surface area is 103 Å². The summed E-state index contributed by atoms with van der Waals surface area (Å²) in [5.41, 5.74) is 2.66. The van der Waals surface area contributed by atoms with Gasteiger partial charge in [0.2, 0.25) is 0 Å². The second-order valence-electron chi connectivity index (χ2n) is 4.23. The van der Waals surface area contributed by atoms with Gasteiger partial charge in [0.1, 0.15) is 5.82 Å². The van der Waals surface area contributed by atoms with Crippen LogP contribution in [-0.2, 0) is 38.4 Å². The van der Waals surface area contributed by atoms with Gasteiger partial charge in [-0.1, -0.05) is 0 Å². The van der Waals surface area contributed by atoms with Crippen LogP contribution in [0.2, 0.25) is 0 Å². The quantitative estimate of drug-likeness (QED) is 0.850. The molecule has 1 aliphatic rings. The Bertz CT molecular complexity index is 336. The summed E-state index contributed by atoms with van der Waals surface area (Å²) in [6.45, 7) is 2.37. The first-order valence-corrected chi connectivity index (χ1v) is 5.34. The molecule has 1 radical (unpaired) electrons. The Hall–Kier alpha value is -0.246. The molecule has 0 spiro atoms. The summed E-state index contributed by atoms with van der Waals surface area (Å²) in [7, 11) is 2.09. The molecule has 1 aromatic rings. The van der Waals surface area contributed by atoms with Crippen molar-refractivity contribution in [2.45, 2.75) is 32.6 Å². The Morgan fingerprint density at radius 3 is 2.93 bits per heavy atom. The number of aromatic nitrogens is 2. The Morgan fingerprint density at radius 1 is 1.53 bits per heavy atom. The van der Waals surface area contributed by atoms with E-state index < -0.39 is 0 Å². The summed E-state index contributed by atoms with van der Waals surface area (Å²) in [5, 5.41) is 8.90. The third kappa shape index (κ3) is 2.47. The molecule has 1 unspecified atom stereocenters. The van der Waals surface area contributed by atoms with Crippen LogP contribution in [0.4, 0.5) is 0 Å². The van der Waals surface area contributed by atoms with Gasteiger partial charge in [0.15, 0.2) is 0 Å². The average Bonchev–Trinajstić information content (AvgIpc) is 2.43. The zero-order valence-corrected chi connectivity index (χ0v) is 10.8. The first-order valence-electron chi connectivity index (χ1n) is 5.34. The van der Waals surface area contributed by atoms with Gasteiger partial charge in [0, 0.05) is 37.9 Å². The van der Waals surface area contributed by atoms with E-state index in [2.05, 4.69) is 23.5 Å². The summed E-state index contributed by atoms with van der Waals surface area (Å²) in [6.07, 6.45) is 4.30. The molecule has 0 bridgehead atoms. The van der Waals surface area contributed by atoms with Crippen LogP contribution in [0.3, 0.4) is 0 Å². The van der Waals surface area contributed by atoms with Gasteiger partial charge in [-0.15, -0.1) is 0 Å². The molecule has 0 aromatic carbocycles. The summed E-state index contributed by atoms with van der Waals surface area (Å²) in [4.78, 5) is 4.56. The van der Waals surface area contributed by atoms with Crippen molar-refractivity contribution >= 4 is 0 Å². The molecule has 0 saturated carbocycles. The average molecular weight is 245 g/mol. The minimum Gasteiger partial charge on any atom is -0.396 e. The molecular weight excluding hydrogens is 227 g/mol. The number of imidazole rings is 1. The summed E-state index contributed by atoms with van der Waals surface area (Å²) in [6, 6.07) is 0. The molecule has 3 nitrogen and oxygen atoms in total. The van der Waals surface area contributed by atoms with Crippen LogP contribution in [0.25, 0.3) is 0 Å². The standard InChI is InChI=1S/C11H18N2O.V/c1-8-12-10-7-9(5-6-14)3-4-11(10)13(8)2;/h9,14H,3-7H2,1-2H3;. The van der Waals surface area contributed by atoms with E-state index in [0.29, 0.717) is 12.5 Å². The fraction of sp³-hybridized carbons (Fsp3) is 0.727. The normalized spacial score (nSPS) is 19.5. The zero-order chi connectivity index (χ0) is 10.1. The second-order valence-corrected chi connectivity index (χ2v) is 4.23. The number of aliphatic hydroxyl groups is 1. The molecule has 1 atom stereocenters. The van der Waals surface area contributed by atoms with Crippen LogP contribution in [0, 0.1) is 12.8 Å². The maximum atomic E-state index is 8.90. The van der Waals surface area contributed by atoms with Crippen molar-refractivity contribution < 1.29 is 23.7 Å². The third-order valence-corrected chi connectivity index (χ3v) is 3.33. The topological polar surface area (TPSA) is 38.0 Å². The minimum absolute atomic E-state index is 0. The predicted molar refractivity (Wildman–Crippen MR) is 55.2 cm³/mol. The van der Waals surface area contributed by atoms with E-state index in [1.165, 1.54) is 17.8 Å². The van der Waals surface area contributed by atoms with Crippen LogP contribution < -0.4 is 0 Å². The largest absolute Gasteiger partial charge is 0.396 e. The van der Waals surface area contributed by atoms with Gasteiger partial charge in [-0.2, -0.15) is 0 Å². The molecule has 1 aromatic heterocycles. The van der Waals surface area contributed by atoms with Gasteiger partial charge in [0.25, 0.3) is 0 Å². The Kier molecular flexibility index (Phi) is 4.44. The minimum atomic E-state index is 0. The van der Waals surface area contributed by atoms with Crippen LogP contribution in [0.1, 0.15) is 30.1 Å². The van der Waals surface area contributed by atoms with E-state index in [0.717, 1.165) is 25.1 Å². The summed E-state index contributed by atoms with van der Waals surface area (Å²) in [5.74, 6) is 1.75. The van der Waals surface area contributed by atoms with Gasteiger partial charge in [-0.25, -0.2) is 4.98 Å². The van der Waals surface area contributed by atoms with Crippen molar-refractivity contribution in [1.82, 2.24) is 9.55 Å². The second kappa shape index (κ2) is 5.19. The van der Waals surface area contributed by atoms with Crippen LogP contribution in [-0.4, -0.2) is 21.3 Å². The number of aryl methyl sites for hydroxylation is 1. The van der Waals surface area contributed by atoms with Crippen molar-refractivity contribution in [2.24, 2.45) is 13.0 Å². The Morgan fingerprint density at radius 2 is 2.27 bits per heavy atom. The number of hydrogen-bond acceptors (Lipinski definition) is 2. The van der Waals surface area contributed by atoms with Crippen molar-refractivity contribution in [3.05, 3.63) is 17.2 Å². The number of aliphatic hydroxyl groups excluding tert-OH is 1. The van der Waals surface area contributed by atoms with Crippen molar-refractivity contribution in [3.63, 3.8) is 0 Å². The molecule has 0 aliphatic heterocycles. The number of nitrogens with zero attached hydrogens (tertiary/aromatic N) is 2. The first-order chi connectivity index (χ1) is 6.72. The fourth-order valence-corrected chi connectivity index (χ4v) is 2.34. The summed E-state index contributed by atoms with van der Waals surface area (Å²) >= 11 is 0. The van der Waals surface area contributed by atoms with Crippen LogP contribution in [0.15, 0.2) is 0 Å². The molecule has 1 aliphatic carbocycles. The number of hydrogen-bond donors (Lipinski definition) is 1. The van der Waals surface area contributed by atoms with Gasteiger partial charge >= 0.3 is 0 Å². The molecule has 15 heavy (non-hydrogen) atoms. The van der Waals surface area contributed by atoms with Crippen LogP contribution in [0.5, 0.6) is 0 Å². The molecule has 1 heterocycles. The monoisotopic (exact) mass is 245 g/mol. The predicted octanol–water partition coefficient (Wildman–Crippen LogP) is 1.21. The molecule has 0 saturated heterocycles. The third-order valence-electron chi connectivity index (χ3n) is 3.33. The maximum Gasteiger partial charge on any atom is 0.105 e. The van der Waals surface area contributed by atoms with E-state index in [4.69, 9.17) is 5.11 Å². The Balaban J connectivity index is 0.00000112. The van der Waals surface area contributed by atoms with E-state index in [1.54, 1.807) is 0 Å². The molecular formula is C11H18N2OV. The van der Waals surface area contributed by atoms with Gasteiger partial charge < -0.3 is 9.67 Å². The smallest absolute Gasteiger partial charge is 0.105 e. The molecule has 0 amide bonds. The molecule has 2 rings (SSSR count). The first kappa shape index (κ1) is 12.8. The van der Waals surface area contributed by atoms with E-state index in [9.17, 15) is 0 Å². The van der Waals surface area contributed by atoms with E-state index in [-0.39, 0.29) is 18.6 Å². The van der Waals surface area contributed by atoms with Crippen molar-refractivity contribution in [3.8, 4) is 0 Å². The van der Waals surface area contributed by atoms with Gasteiger partial charge in [0.05, 0.1) is 5.69 Å². The molecule has 1 N–H and O–H groups in total. The molecule has 0 fully saturated rings. The molecule has 83 valence electrons. The van der Waals surface area contributed by atoms with Gasteiger partial charge in [-0.3, -0.25) is 0 Å².